The fourth-order valence-corrected chi connectivity index (χ4v) is 4.46. The van der Waals surface area contributed by atoms with E-state index in [1.54, 1.807) is 20.0 Å². The van der Waals surface area contributed by atoms with E-state index in [1.165, 1.54) is 27.9 Å². The predicted molar refractivity (Wildman–Crippen MR) is 120 cm³/mol. The fraction of sp³-hybridized carbons (Fsp3) is 0.391. The lowest BCUT2D eigenvalue weighted by Crippen LogP contribution is -2.40. The number of amides is 1. The van der Waals surface area contributed by atoms with Crippen LogP contribution in [0.2, 0.25) is 0 Å². The summed E-state index contributed by atoms with van der Waals surface area (Å²) in [6.07, 6.45) is -1.43. The van der Waals surface area contributed by atoms with E-state index < -0.39 is 29.9 Å². The Kier molecular flexibility index (Phi) is 6.45. The summed E-state index contributed by atoms with van der Waals surface area (Å²) in [5.74, 6) is -0.972. The van der Waals surface area contributed by atoms with Crippen LogP contribution in [0.1, 0.15) is 54.8 Å². The molecule has 0 aliphatic carbocycles. The lowest BCUT2D eigenvalue weighted by molar-refractivity contribution is 0.130. The SMILES string of the molecule is CC(Nc1ncnc2c1cc([C@@H]1CCCN(C(=O)O)C1)c(=O)n2C)c1cccc(C(F)F)c1F. The maximum absolute atomic E-state index is 14.7. The highest BCUT2D eigenvalue weighted by atomic mass is 19.3. The van der Waals surface area contributed by atoms with E-state index in [0.717, 1.165) is 6.07 Å². The van der Waals surface area contributed by atoms with Gasteiger partial charge in [-0.3, -0.25) is 9.36 Å². The number of hydrogen-bond donors (Lipinski definition) is 2. The molecule has 34 heavy (non-hydrogen) atoms. The van der Waals surface area contributed by atoms with Crippen LogP contribution in [0.5, 0.6) is 0 Å². The highest BCUT2D eigenvalue weighted by molar-refractivity contribution is 5.87. The van der Waals surface area contributed by atoms with Crippen molar-refractivity contribution in [2.45, 2.75) is 38.2 Å². The zero-order chi connectivity index (χ0) is 24.6. The number of aryl methyl sites for hydroxylation is 1. The number of nitrogens with one attached hydrogen (secondary N) is 1. The number of likely N-dealkylation sites (tertiary alicyclic amines) is 1. The Balaban J connectivity index is 1.74. The van der Waals surface area contributed by atoms with E-state index in [0.29, 0.717) is 41.8 Å². The van der Waals surface area contributed by atoms with Crippen molar-refractivity contribution in [2.75, 3.05) is 18.4 Å². The zero-order valence-corrected chi connectivity index (χ0v) is 18.6. The standard InChI is InChI=1S/C23H24F3N5O3/c1-12(14-6-3-7-15(18(14)24)19(25)26)29-20-17-9-16(13-5-4-8-31(10-13)23(33)34)22(32)30(2)21(17)28-11-27-20/h3,6-7,9,11-13,19H,4-5,8,10H2,1-2H3,(H,33,34)(H,27,28,29)/t12?,13-/m1/s1. The number of anilines is 1. The average Bonchev–Trinajstić information content (AvgIpc) is 2.81. The molecule has 1 saturated heterocycles. The third-order valence-electron chi connectivity index (χ3n) is 6.28. The minimum atomic E-state index is -2.94. The first-order chi connectivity index (χ1) is 16.2. The molecule has 3 aromatic rings. The van der Waals surface area contributed by atoms with Gasteiger partial charge in [0.25, 0.3) is 12.0 Å². The Morgan fingerprint density at radius 3 is 2.71 bits per heavy atom. The summed E-state index contributed by atoms with van der Waals surface area (Å²) >= 11 is 0. The minimum absolute atomic E-state index is 0.0546. The van der Waals surface area contributed by atoms with Crippen molar-refractivity contribution in [3.8, 4) is 0 Å². The van der Waals surface area contributed by atoms with Crippen LogP contribution in [0.15, 0.2) is 35.4 Å². The first-order valence-electron chi connectivity index (χ1n) is 10.8. The van der Waals surface area contributed by atoms with Crippen LogP contribution in [0.3, 0.4) is 0 Å². The highest BCUT2D eigenvalue weighted by Gasteiger charge is 2.28. The van der Waals surface area contributed by atoms with Crippen LogP contribution in [0, 0.1) is 5.82 Å². The number of rotatable bonds is 5. The Morgan fingerprint density at radius 1 is 1.26 bits per heavy atom. The molecule has 3 heterocycles. The highest BCUT2D eigenvalue weighted by Crippen LogP contribution is 2.31. The van der Waals surface area contributed by atoms with Crippen molar-refractivity contribution in [3.63, 3.8) is 0 Å². The summed E-state index contributed by atoms with van der Waals surface area (Å²) in [4.78, 5) is 34.2. The normalized spacial score (nSPS) is 17.2. The van der Waals surface area contributed by atoms with Gasteiger partial charge in [-0.05, 0) is 25.8 Å². The van der Waals surface area contributed by atoms with Gasteiger partial charge in [0.15, 0.2) is 0 Å². The van der Waals surface area contributed by atoms with Gasteiger partial charge in [0.2, 0.25) is 0 Å². The number of nitrogens with zero attached hydrogens (tertiary/aromatic N) is 4. The minimum Gasteiger partial charge on any atom is -0.465 e. The molecule has 0 saturated carbocycles. The van der Waals surface area contributed by atoms with E-state index in [2.05, 4.69) is 15.3 Å². The molecule has 8 nitrogen and oxygen atoms in total. The van der Waals surface area contributed by atoms with Gasteiger partial charge in [-0.1, -0.05) is 18.2 Å². The van der Waals surface area contributed by atoms with E-state index in [1.807, 2.05) is 0 Å². The van der Waals surface area contributed by atoms with E-state index in [-0.39, 0.29) is 23.6 Å². The average molecular weight is 475 g/mol. The summed E-state index contributed by atoms with van der Waals surface area (Å²) in [7, 11) is 1.57. The number of fused-ring (bicyclic) bond motifs is 1. The molecule has 1 aliphatic heterocycles. The molecule has 1 aliphatic rings. The quantitative estimate of drug-likeness (QED) is 0.566. The molecule has 1 fully saturated rings. The molecule has 180 valence electrons. The number of carbonyl (C=O) groups is 1. The molecule has 0 radical (unpaired) electrons. The van der Waals surface area contributed by atoms with Crippen LogP contribution in [0.25, 0.3) is 11.0 Å². The molecule has 2 N–H and O–H groups in total. The molecule has 0 spiro atoms. The number of benzene rings is 1. The van der Waals surface area contributed by atoms with Gasteiger partial charge in [-0.15, -0.1) is 0 Å². The van der Waals surface area contributed by atoms with Gasteiger partial charge >= 0.3 is 6.09 Å². The number of pyridine rings is 1. The van der Waals surface area contributed by atoms with Crippen molar-refractivity contribution < 1.29 is 23.1 Å². The van der Waals surface area contributed by atoms with Gasteiger partial charge in [0.05, 0.1) is 17.0 Å². The lowest BCUT2D eigenvalue weighted by Gasteiger charge is -2.31. The maximum Gasteiger partial charge on any atom is 0.407 e. The van der Waals surface area contributed by atoms with Crippen molar-refractivity contribution in [1.82, 2.24) is 19.4 Å². The van der Waals surface area contributed by atoms with E-state index in [4.69, 9.17) is 0 Å². The van der Waals surface area contributed by atoms with Gasteiger partial charge in [0.1, 0.15) is 23.6 Å². The molecular formula is C23H24F3N5O3. The second-order valence-corrected chi connectivity index (χ2v) is 8.41. The van der Waals surface area contributed by atoms with Crippen molar-refractivity contribution >= 4 is 22.9 Å². The molecule has 1 aromatic carbocycles. The molecule has 4 rings (SSSR count). The van der Waals surface area contributed by atoms with Crippen LogP contribution >= 0.6 is 0 Å². The van der Waals surface area contributed by atoms with Crippen LogP contribution in [-0.4, -0.2) is 43.7 Å². The van der Waals surface area contributed by atoms with Crippen molar-refractivity contribution in [1.29, 1.82) is 0 Å². The molecule has 2 atom stereocenters. The number of halogens is 3. The third kappa shape index (κ3) is 4.29. The summed E-state index contributed by atoms with van der Waals surface area (Å²) in [6, 6.07) is 4.77. The number of carboxylic acid groups (broad SMARTS) is 1. The Bertz CT molecular complexity index is 1300. The molecule has 2 aromatic heterocycles. The van der Waals surface area contributed by atoms with Gasteiger partial charge in [-0.25, -0.2) is 27.9 Å². The first-order valence-corrected chi connectivity index (χ1v) is 10.8. The summed E-state index contributed by atoms with van der Waals surface area (Å²) in [6.45, 7) is 2.24. The zero-order valence-electron chi connectivity index (χ0n) is 18.6. The molecular weight excluding hydrogens is 451 g/mol. The number of alkyl halides is 2. The van der Waals surface area contributed by atoms with Gasteiger partial charge in [0, 0.05) is 37.2 Å². The second kappa shape index (κ2) is 9.32. The molecule has 11 heteroatoms. The van der Waals surface area contributed by atoms with E-state index in [9.17, 15) is 27.9 Å². The second-order valence-electron chi connectivity index (χ2n) is 8.41. The maximum atomic E-state index is 14.7. The monoisotopic (exact) mass is 475 g/mol. The van der Waals surface area contributed by atoms with Crippen LogP contribution < -0.4 is 10.9 Å². The summed E-state index contributed by atoms with van der Waals surface area (Å²) in [5.41, 5.74) is -0.121. The molecule has 1 unspecified atom stereocenters. The predicted octanol–water partition coefficient (Wildman–Crippen LogP) is 4.44. The van der Waals surface area contributed by atoms with Crippen LogP contribution in [0.4, 0.5) is 23.8 Å². The first kappa shape index (κ1) is 23.5. The van der Waals surface area contributed by atoms with Crippen LogP contribution in [-0.2, 0) is 7.05 Å². The van der Waals surface area contributed by atoms with Crippen molar-refractivity contribution in [3.05, 3.63) is 63.5 Å². The summed E-state index contributed by atoms with van der Waals surface area (Å²) in [5, 5.41) is 12.9. The summed E-state index contributed by atoms with van der Waals surface area (Å²) < 4.78 is 42.3. The largest absolute Gasteiger partial charge is 0.465 e. The molecule has 1 amide bonds. The van der Waals surface area contributed by atoms with E-state index >= 15 is 0 Å². The Labute approximate surface area is 193 Å². The molecule has 0 bridgehead atoms. The van der Waals surface area contributed by atoms with Crippen molar-refractivity contribution in [2.24, 2.45) is 7.05 Å². The third-order valence-corrected chi connectivity index (χ3v) is 6.28. The van der Waals surface area contributed by atoms with Gasteiger partial charge in [-0.2, -0.15) is 0 Å². The number of aromatic nitrogens is 3. The number of piperidine rings is 1. The Hall–Kier alpha value is -3.63. The fourth-order valence-electron chi connectivity index (χ4n) is 4.46. The lowest BCUT2D eigenvalue weighted by atomic mass is 9.91. The van der Waals surface area contributed by atoms with Gasteiger partial charge < -0.3 is 15.3 Å². The topological polar surface area (TPSA) is 100 Å². The Morgan fingerprint density at radius 2 is 2.00 bits per heavy atom. The smallest absolute Gasteiger partial charge is 0.407 e. The number of hydrogen-bond acceptors (Lipinski definition) is 5.